The van der Waals surface area contributed by atoms with Gasteiger partial charge in [0.25, 0.3) is 5.91 Å². The van der Waals surface area contributed by atoms with Gasteiger partial charge in [-0.3, -0.25) is 19.2 Å². The van der Waals surface area contributed by atoms with E-state index in [0.717, 1.165) is 6.07 Å². The van der Waals surface area contributed by atoms with Gasteiger partial charge < -0.3 is 35.5 Å². The SMILES string of the molecule is COc1cccc2[nH]c(C(=O)N[C@@H](Cc3cccc(F)c3)C(=O)N[C@@H](C[C@@H]3CCNC3=O)C(=O)COc3c(F)c(F)c(CO)c(F)c3F)cc12. The van der Waals surface area contributed by atoms with Crippen LogP contribution in [0.5, 0.6) is 11.5 Å². The van der Waals surface area contributed by atoms with Crippen molar-refractivity contribution in [1.29, 1.82) is 0 Å². The molecule has 1 aliphatic heterocycles. The first-order valence-electron chi connectivity index (χ1n) is 15.3. The third-order valence-electron chi connectivity index (χ3n) is 8.26. The fourth-order valence-corrected chi connectivity index (χ4v) is 5.64. The molecule has 2 heterocycles. The molecular formula is C34H31F5N4O7. The van der Waals surface area contributed by atoms with Gasteiger partial charge in [0, 0.05) is 29.8 Å². The fourth-order valence-electron chi connectivity index (χ4n) is 5.64. The molecule has 5 rings (SSSR count). The number of aliphatic hydroxyl groups excluding tert-OH is 1. The van der Waals surface area contributed by atoms with Crippen LogP contribution in [0.3, 0.4) is 0 Å². The molecule has 1 fully saturated rings. The maximum atomic E-state index is 14.5. The highest BCUT2D eigenvalue weighted by atomic mass is 19.2. The molecule has 0 bridgehead atoms. The number of ether oxygens (including phenoxy) is 2. The number of rotatable bonds is 14. The first-order chi connectivity index (χ1) is 23.9. The molecule has 3 amide bonds. The van der Waals surface area contributed by atoms with Crippen LogP contribution in [0.25, 0.3) is 10.9 Å². The quantitative estimate of drug-likeness (QED) is 0.0996. The summed E-state index contributed by atoms with van der Waals surface area (Å²) in [6, 6.07) is 8.81. The number of hydrogen-bond acceptors (Lipinski definition) is 7. The van der Waals surface area contributed by atoms with Crippen LogP contribution in [0.15, 0.2) is 48.5 Å². The number of methoxy groups -OCH3 is 1. The normalized spacial score (nSPS) is 15.3. The van der Waals surface area contributed by atoms with Gasteiger partial charge in [-0.1, -0.05) is 18.2 Å². The van der Waals surface area contributed by atoms with E-state index < -0.39 is 95.1 Å². The van der Waals surface area contributed by atoms with E-state index in [0.29, 0.717) is 22.2 Å². The molecule has 264 valence electrons. The number of carbonyl (C=O) groups is 4. The van der Waals surface area contributed by atoms with Gasteiger partial charge in [0.05, 0.1) is 25.3 Å². The summed E-state index contributed by atoms with van der Waals surface area (Å²) in [4.78, 5) is 55.9. The van der Waals surface area contributed by atoms with Crippen LogP contribution in [0.2, 0.25) is 0 Å². The van der Waals surface area contributed by atoms with Crippen molar-refractivity contribution in [3.8, 4) is 11.5 Å². The first-order valence-corrected chi connectivity index (χ1v) is 15.3. The van der Waals surface area contributed by atoms with E-state index in [1.54, 1.807) is 18.2 Å². The van der Waals surface area contributed by atoms with Crippen LogP contribution >= 0.6 is 0 Å². The number of fused-ring (bicyclic) bond motifs is 1. The number of aromatic amines is 1. The summed E-state index contributed by atoms with van der Waals surface area (Å²) >= 11 is 0. The maximum absolute atomic E-state index is 14.5. The Balaban J connectivity index is 1.40. The zero-order valence-electron chi connectivity index (χ0n) is 26.4. The molecule has 3 atom stereocenters. The highest BCUT2D eigenvalue weighted by Gasteiger charge is 2.34. The molecule has 5 N–H and O–H groups in total. The van der Waals surface area contributed by atoms with E-state index in [1.165, 1.54) is 31.4 Å². The smallest absolute Gasteiger partial charge is 0.268 e. The molecule has 1 aromatic heterocycles. The lowest BCUT2D eigenvalue weighted by Crippen LogP contribution is -2.53. The molecule has 4 aromatic rings. The van der Waals surface area contributed by atoms with Gasteiger partial charge in [0.15, 0.2) is 23.2 Å². The summed E-state index contributed by atoms with van der Waals surface area (Å²) in [6.07, 6.45) is -0.291. The van der Waals surface area contributed by atoms with Gasteiger partial charge >= 0.3 is 0 Å². The van der Waals surface area contributed by atoms with Gasteiger partial charge in [-0.05, 0) is 48.7 Å². The number of nitrogens with one attached hydrogen (secondary N) is 4. The number of ketones is 1. The van der Waals surface area contributed by atoms with Crippen molar-refractivity contribution >= 4 is 34.4 Å². The van der Waals surface area contributed by atoms with Crippen molar-refractivity contribution in [3.05, 3.63) is 94.4 Å². The van der Waals surface area contributed by atoms with Crippen molar-refractivity contribution in [3.63, 3.8) is 0 Å². The summed E-state index contributed by atoms with van der Waals surface area (Å²) in [7, 11) is 1.45. The molecule has 0 radical (unpaired) electrons. The number of benzene rings is 3. The van der Waals surface area contributed by atoms with E-state index in [1.807, 2.05) is 0 Å². The van der Waals surface area contributed by atoms with Crippen LogP contribution in [0.1, 0.15) is 34.5 Å². The second-order valence-corrected chi connectivity index (χ2v) is 11.5. The summed E-state index contributed by atoms with van der Waals surface area (Å²) in [6.45, 7) is -2.29. The minimum Gasteiger partial charge on any atom is -0.496 e. The Bertz CT molecular complexity index is 1920. The van der Waals surface area contributed by atoms with Crippen LogP contribution in [-0.2, 0) is 27.4 Å². The molecule has 0 unspecified atom stereocenters. The third-order valence-corrected chi connectivity index (χ3v) is 8.26. The molecule has 50 heavy (non-hydrogen) atoms. The average molecular weight is 703 g/mol. The lowest BCUT2D eigenvalue weighted by Gasteiger charge is -2.24. The molecule has 3 aromatic carbocycles. The standard InChI is InChI=1S/C34H31F5N4O7/c1-49-26-7-3-6-21-19(26)13-24(41-21)34(48)43-23(11-16-4-2-5-18(35)10-16)33(47)42-22(12-17-8-9-40-32(17)46)25(45)15-50-31-29(38)27(36)20(14-44)28(37)30(31)39/h2-7,10,13,17,22-23,41,44H,8-9,11-12,14-15H2,1H3,(H,40,46)(H,42,47)(H,43,48)/t17-,22-,23-/m0/s1. The zero-order valence-corrected chi connectivity index (χ0v) is 26.4. The minimum absolute atomic E-state index is 0.0425. The molecule has 0 aliphatic carbocycles. The number of hydrogen-bond donors (Lipinski definition) is 5. The Morgan fingerprint density at radius 1 is 0.960 bits per heavy atom. The van der Waals surface area contributed by atoms with E-state index in [-0.39, 0.29) is 31.5 Å². The summed E-state index contributed by atoms with van der Waals surface area (Å²) in [5.74, 6) is -13.5. The van der Waals surface area contributed by atoms with Crippen LogP contribution in [0.4, 0.5) is 22.0 Å². The van der Waals surface area contributed by atoms with E-state index in [4.69, 9.17) is 14.6 Å². The molecule has 0 saturated carbocycles. The van der Waals surface area contributed by atoms with Crippen LogP contribution < -0.4 is 25.4 Å². The summed E-state index contributed by atoms with van der Waals surface area (Å²) in [5.41, 5.74) is -0.388. The van der Waals surface area contributed by atoms with E-state index in [9.17, 15) is 41.1 Å². The Labute approximate surface area is 281 Å². The van der Waals surface area contributed by atoms with Gasteiger partial charge in [-0.2, -0.15) is 8.78 Å². The topological polar surface area (TPSA) is 159 Å². The zero-order chi connectivity index (χ0) is 36.1. The monoisotopic (exact) mass is 702 g/mol. The van der Waals surface area contributed by atoms with Crippen LogP contribution in [0, 0.1) is 35.0 Å². The predicted molar refractivity (Wildman–Crippen MR) is 167 cm³/mol. The lowest BCUT2D eigenvalue weighted by atomic mass is 9.95. The number of amides is 3. The Morgan fingerprint density at radius 3 is 2.32 bits per heavy atom. The molecule has 11 nitrogen and oxygen atoms in total. The van der Waals surface area contributed by atoms with Crippen LogP contribution in [-0.4, -0.2) is 65.9 Å². The molecule has 16 heteroatoms. The lowest BCUT2D eigenvalue weighted by molar-refractivity contribution is -0.131. The number of halogens is 5. The average Bonchev–Trinajstić information content (AvgIpc) is 3.72. The minimum atomic E-state index is -2.00. The largest absolute Gasteiger partial charge is 0.496 e. The first kappa shape index (κ1) is 35.8. The van der Waals surface area contributed by atoms with Crippen molar-refractivity contribution < 1.29 is 55.7 Å². The number of aromatic nitrogens is 1. The molecular weight excluding hydrogens is 671 g/mol. The van der Waals surface area contributed by atoms with Gasteiger partial charge in [0.2, 0.25) is 23.4 Å². The van der Waals surface area contributed by atoms with Gasteiger partial charge in [-0.15, -0.1) is 0 Å². The van der Waals surface area contributed by atoms with Crippen molar-refractivity contribution in [2.45, 2.75) is 38.0 Å². The highest BCUT2D eigenvalue weighted by Crippen LogP contribution is 2.30. The second-order valence-electron chi connectivity index (χ2n) is 11.5. The van der Waals surface area contributed by atoms with Gasteiger partial charge in [-0.25, -0.2) is 13.2 Å². The Morgan fingerprint density at radius 2 is 1.68 bits per heavy atom. The maximum Gasteiger partial charge on any atom is 0.268 e. The second kappa shape index (κ2) is 15.4. The molecule has 0 spiro atoms. The number of H-pyrrole nitrogens is 1. The molecule has 1 aliphatic rings. The van der Waals surface area contributed by atoms with Crippen molar-refractivity contribution in [2.24, 2.45) is 5.92 Å². The number of Topliss-reactive ketones (excluding diaryl/α,β-unsaturated/α-hetero) is 1. The van der Waals surface area contributed by atoms with Crippen molar-refractivity contribution in [2.75, 3.05) is 20.3 Å². The fraction of sp³-hybridized carbons (Fsp3) is 0.294. The predicted octanol–water partition coefficient (Wildman–Crippen LogP) is 3.36. The van der Waals surface area contributed by atoms with Crippen molar-refractivity contribution in [1.82, 2.24) is 20.9 Å². The Hall–Kier alpha value is -5.51. The van der Waals surface area contributed by atoms with E-state index in [2.05, 4.69) is 20.9 Å². The third kappa shape index (κ3) is 7.70. The highest BCUT2D eigenvalue weighted by molar-refractivity contribution is 6.02. The number of aliphatic hydroxyl groups is 1. The summed E-state index contributed by atoms with van der Waals surface area (Å²) in [5, 5.41) is 17.2. The molecule has 1 saturated heterocycles. The van der Waals surface area contributed by atoms with Gasteiger partial charge in [0.1, 0.15) is 29.9 Å². The van der Waals surface area contributed by atoms with E-state index >= 15 is 0 Å². The Kier molecular flexibility index (Phi) is 11.0. The number of carbonyl (C=O) groups excluding carboxylic acids is 4. The summed E-state index contributed by atoms with van der Waals surface area (Å²) < 4.78 is 81.7.